The second kappa shape index (κ2) is 6.83. The molecule has 0 amide bonds. The number of anilines is 2. The zero-order chi connectivity index (χ0) is 21.4. The van der Waals surface area contributed by atoms with Crippen molar-refractivity contribution in [2.75, 3.05) is 36.8 Å². The molecule has 2 aliphatic carbocycles. The van der Waals surface area contributed by atoms with Crippen LogP contribution in [0.1, 0.15) is 37.2 Å². The highest BCUT2D eigenvalue weighted by Crippen LogP contribution is 2.46. The molecule has 0 spiro atoms. The number of imidazole rings is 1. The number of nitrogens with zero attached hydrogens (tertiary/aromatic N) is 3. The molecule has 0 unspecified atom stereocenters. The van der Waals surface area contributed by atoms with Gasteiger partial charge >= 0.3 is 0 Å². The Hall–Kier alpha value is -2.84. The van der Waals surface area contributed by atoms with Crippen LogP contribution in [-0.2, 0) is 0 Å². The Morgan fingerprint density at radius 1 is 1.03 bits per heavy atom. The average molecular weight is 447 g/mol. The van der Waals surface area contributed by atoms with Gasteiger partial charge in [0, 0.05) is 37.9 Å². The van der Waals surface area contributed by atoms with Crippen LogP contribution >= 0.6 is 11.3 Å². The number of nitrogens with two attached hydrogens (primary N) is 1. The molecule has 32 heavy (non-hydrogen) atoms. The maximum Gasteiger partial charge on any atom is 0.261 e. The van der Waals surface area contributed by atoms with E-state index in [4.69, 9.17) is 10.7 Å². The first-order chi connectivity index (χ1) is 15.7. The zero-order valence-electron chi connectivity index (χ0n) is 17.9. The highest BCUT2D eigenvalue weighted by molar-refractivity contribution is 7.17. The molecule has 3 fully saturated rings. The van der Waals surface area contributed by atoms with Crippen LogP contribution < -0.4 is 16.2 Å². The quantitative estimate of drug-likeness (QED) is 0.442. The number of rotatable bonds is 4. The standard InChI is InChI=1S/C24H26N6OS/c25-21-20(24(31)28-16-5-10-32-22(16)21)23-26-17-11-15(13-1-2-13)19(12-18(17)27-23)30-8-6-29(7-9-30)14-3-4-14/h5,10-14H,1-4,6-9H2,(H,26,27)(H3,25,28,31). The highest BCUT2D eigenvalue weighted by atomic mass is 32.1. The number of aromatic nitrogens is 3. The van der Waals surface area contributed by atoms with Crippen LogP contribution in [-0.4, -0.2) is 52.1 Å². The van der Waals surface area contributed by atoms with Crippen molar-refractivity contribution < 1.29 is 0 Å². The van der Waals surface area contributed by atoms with Gasteiger partial charge in [-0.25, -0.2) is 4.98 Å². The highest BCUT2D eigenvalue weighted by Gasteiger charge is 2.33. The monoisotopic (exact) mass is 446 g/mol. The number of H-pyrrole nitrogens is 2. The van der Waals surface area contributed by atoms with Gasteiger partial charge in [0.05, 0.1) is 26.9 Å². The summed E-state index contributed by atoms with van der Waals surface area (Å²) in [6, 6.07) is 7.21. The van der Waals surface area contributed by atoms with Gasteiger partial charge in [0.2, 0.25) is 0 Å². The Balaban J connectivity index is 1.31. The van der Waals surface area contributed by atoms with E-state index in [1.165, 1.54) is 48.3 Å². The van der Waals surface area contributed by atoms with Gasteiger partial charge in [-0.3, -0.25) is 9.69 Å². The maximum atomic E-state index is 12.8. The molecule has 3 aliphatic rings. The lowest BCUT2D eigenvalue weighted by Crippen LogP contribution is -2.47. The number of piperazine rings is 1. The zero-order valence-corrected chi connectivity index (χ0v) is 18.7. The van der Waals surface area contributed by atoms with Gasteiger partial charge in [-0.05, 0) is 60.7 Å². The Morgan fingerprint density at radius 3 is 2.59 bits per heavy atom. The van der Waals surface area contributed by atoms with Gasteiger partial charge in [-0.1, -0.05) is 0 Å². The van der Waals surface area contributed by atoms with Crippen molar-refractivity contribution in [1.82, 2.24) is 19.9 Å². The van der Waals surface area contributed by atoms with E-state index in [9.17, 15) is 4.79 Å². The molecule has 4 N–H and O–H groups in total. The molecule has 164 valence electrons. The number of pyridine rings is 1. The summed E-state index contributed by atoms with van der Waals surface area (Å²) in [5.41, 5.74) is 12.5. The fourth-order valence-corrected chi connectivity index (χ4v) is 6.03. The van der Waals surface area contributed by atoms with Gasteiger partial charge in [0.15, 0.2) is 0 Å². The SMILES string of the molecule is Nc1c(-c2nc3cc(N4CCN(C5CC5)CC4)c(C4CC4)cc3[nH]2)c(=O)[nH]c2ccsc12. The van der Waals surface area contributed by atoms with Crippen LogP contribution in [0, 0.1) is 0 Å². The number of nitrogen functional groups attached to an aromatic ring is 1. The minimum absolute atomic E-state index is 0.203. The molecule has 0 atom stereocenters. The number of fused-ring (bicyclic) bond motifs is 2. The first kappa shape index (κ1) is 18.7. The summed E-state index contributed by atoms with van der Waals surface area (Å²) >= 11 is 1.53. The average Bonchev–Trinajstić information content (AvgIpc) is 3.72. The minimum atomic E-state index is -0.203. The van der Waals surface area contributed by atoms with Crippen LogP contribution in [0.5, 0.6) is 0 Å². The molecule has 1 aromatic carbocycles. The molecular weight excluding hydrogens is 420 g/mol. The molecule has 0 radical (unpaired) electrons. The first-order valence-electron chi connectivity index (χ1n) is 11.6. The van der Waals surface area contributed by atoms with Crippen molar-refractivity contribution in [3.05, 3.63) is 39.5 Å². The summed E-state index contributed by atoms with van der Waals surface area (Å²) in [5, 5.41) is 1.94. The number of hydrogen-bond acceptors (Lipinski definition) is 6. The van der Waals surface area contributed by atoms with Crippen molar-refractivity contribution in [3.8, 4) is 11.4 Å². The van der Waals surface area contributed by atoms with E-state index in [2.05, 4.69) is 31.9 Å². The maximum absolute atomic E-state index is 12.8. The number of thiophene rings is 1. The lowest BCUT2D eigenvalue weighted by molar-refractivity contribution is 0.248. The van der Waals surface area contributed by atoms with Crippen LogP contribution in [0.25, 0.3) is 32.6 Å². The third-order valence-electron chi connectivity index (χ3n) is 7.26. The molecule has 3 aromatic heterocycles. The topological polar surface area (TPSA) is 94.0 Å². The molecule has 8 heteroatoms. The number of benzene rings is 1. The third-order valence-corrected chi connectivity index (χ3v) is 8.20. The second-order valence-electron chi connectivity index (χ2n) is 9.45. The number of hydrogen-bond donors (Lipinski definition) is 3. The fourth-order valence-electron chi connectivity index (χ4n) is 5.22. The number of aromatic amines is 2. The Labute approximate surface area is 189 Å². The van der Waals surface area contributed by atoms with E-state index in [1.807, 2.05) is 11.4 Å². The van der Waals surface area contributed by atoms with Crippen molar-refractivity contribution in [2.45, 2.75) is 37.6 Å². The Kier molecular flexibility index (Phi) is 3.99. The lowest BCUT2D eigenvalue weighted by Gasteiger charge is -2.37. The van der Waals surface area contributed by atoms with E-state index < -0.39 is 0 Å². The Morgan fingerprint density at radius 2 is 1.84 bits per heavy atom. The largest absolute Gasteiger partial charge is 0.397 e. The van der Waals surface area contributed by atoms with Crippen LogP contribution in [0.4, 0.5) is 11.4 Å². The van der Waals surface area contributed by atoms with E-state index >= 15 is 0 Å². The molecule has 1 saturated heterocycles. The molecule has 4 heterocycles. The molecule has 0 bridgehead atoms. The smallest absolute Gasteiger partial charge is 0.261 e. The van der Waals surface area contributed by atoms with Crippen molar-refractivity contribution in [2.24, 2.45) is 0 Å². The van der Waals surface area contributed by atoms with Crippen LogP contribution in [0.3, 0.4) is 0 Å². The summed E-state index contributed by atoms with van der Waals surface area (Å²) in [6.45, 7) is 4.43. The summed E-state index contributed by atoms with van der Waals surface area (Å²) in [7, 11) is 0. The van der Waals surface area contributed by atoms with Crippen molar-refractivity contribution in [1.29, 1.82) is 0 Å². The minimum Gasteiger partial charge on any atom is -0.397 e. The normalized spacial score (nSPS) is 19.9. The second-order valence-corrected chi connectivity index (χ2v) is 10.4. The van der Waals surface area contributed by atoms with Gasteiger partial charge in [-0.15, -0.1) is 11.3 Å². The molecule has 2 saturated carbocycles. The first-order valence-corrected chi connectivity index (χ1v) is 12.5. The summed E-state index contributed by atoms with van der Waals surface area (Å²) in [6.07, 6.45) is 5.25. The molecular formula is C24H26N6OS. The Bertz CT molecular complexity index is 1400. The van der Waals surface area contributed by atoms with Crippen LogP contribution in [0.15, 0.2) is 28.4 Å². The van der Waals surface area contributed by atoms with E-state index in [1.54, 1.807) is 0 Å². The summed E-state index contributed by atoms with van der Waals surface area (Å²) in [4.78, 5) is 29.2. The summed E-state index contributed by atoms with van der Waals surface area (Å²) in [5.74, 6) is 1.19. The van der Waals surface area contributed by atoms with Gasteiger partial charge < -0.3 is 20.6 Å². The molecule has 1 aliphatic heterocycles. The van der Waals surface area contributed by atoms with E-state index in [-0.39, 0.29) is 5.56 Å². The molecule has 7 nitrogen and oxygen atoms in total. The van der Waals surface area contributed by atoms with E-state index in [0.717, 1.165) is 53.5 Å². The van der Waals surface area contributed by atoms with Crippen LogP contribution in [0.2, 0.25) is 0 Å². The predicted molar refractivity (Wildman–Crippen MR) is 131 cm³/mol. The third kappa shape index (κ3) is 2.97. The number of nitrogens with one attached hydrogen (secondary N) is 2. The predicted octanol–water partition coefficient (Wildman–Crippen LogP) is 3.88. The van der Waals surface area contributed by atoms with Gasteiger partial charge in [0.1, 0.15) is 11.4 Å². The van der Waals surface area contributed by atoms with Gasteiger partial charge in [-0.2, -0.15) is 0 Å². The van der Waals surface area contributed by atoms with Gasteiger partial charge in [0.25, 0.3) is 5.56 Å². The van der Waals surface area contributed by atoms with Crippen molar-refractivity contribution >= 4 is 44.0 Å². The fraction of sp³-hybridized carbons (Fsp3) is 0.417. The lowest BCUT2D eigenvalue weighted by atomic mass is 10.1. The molecule has 4 aromatic rings. The van der Waals surface area contributed by atoms with Crippen molar-refractivity contribution in [3.63, 3.8) is 0 Å². The summed E-state index contributed by atoms with van der Waals surface area (Å²) < 4.78 is 0.896. The molecule has 7 rings (SSSR count). The van der Waals surface area contributed by atoms with E-state index in [0.29, 0.717) is 23.0 Å².